The van der Waals surface area contributed by atoms with E-state index in [9.17, 15) is 0 Å². The first-order valence-corrected chi connectivity index (χ1v) is 8.27. The first-order chi connectivity index (χ1) is 10.6. The maximum absolute atomic E-state index is 6.58. The highest BCUT2D eigenvalue weighted by atomic mass is 35.5. The van der Waals surface area contributed by atoms with E-state index in [-0.39, 0.29) is 0 Å². The molecule has 0 aliphatic rings. The minimum atomic E-state index is 0.332. The van der Waals surface area contributed by atoms with Crippen LogP contribution in [0.1, 0.15) is 19.9 Å². The molecule has 3 nitrogen and oxygen atoms in total. The predicted molar refractivity (Wildman–Crippen MR) is 91.4 cm³/mol. The number of rotatable bonds is 4. The summed E-state index contributed by atoms with van der Waals surface area (Å²) in [6.45, 7) is 4.21. The van der Waals surface area contributed by atoms with Gasteiger partial charge in [0.1, 0.15) is 5.03 Å². The largest absolute Gasteiger partial charge is 0.270 e. The molecule has 0 fully saturated rings. The van der Waals surface area contributed by atoms with Gasteiger partial charge in [0.05, 0.1) is 10.7 Å². The number of benzene rings is 1. The summed E-state index contributed by atoms with van der Waals surface area (Å²) in [5, 5.41) is 6.24. The normalized spacial score (nSPS) is 11.1. The van der Waals surface area contributed by atoms with Crippen molar-refractivity contribution in [2.24, 2.45) is 0 Å². The van der Waals surface area contributed by atoms with Gasteiger partial charge >= 0.3 is 0 Å². The Balaban J connectivity index is 1.94. The topological polar surface area (TPSA) is 30.7 Å². The Morgan fingerprint density at radius 2 is 1.95 bits per heavy atom. The SMILES string of the molecule is CC(C)n1ccc(-c2cccc(Sc3ccccn3)c2Cl)n1. The second-order valence-corrected chi connectivity index (χ2v) is 6.60. The molecule has 5 heteroatoms. The molecular weight excluding hydrogens is 314 g/mol. The standard InChI is InChI=1S/C17H16ClN3S/c1-12(2)21-11-9-14(20-21)13-6-5-7-15(17(13)18)22-16-8-3-4-10-19-16/h3-12H,1-2H3. The van der Waals surface area contributed by atoms with E-state index in [4.69, 9.17) is 11.6 Å². The molecular formula is C17H16ClN3S. The predicted octanol–water partition coefficient (Wildman–Crippen LogP) is 5.33. The van der Waals surface area contributed by atoms with Crippen molar-refractivity contribution in [2.75, 3.05) is 0 Å². The first-order valence-electron chi connectivity index (χ1n) is 7.08. The molecule has 0 bridgehead atoms. The van der Waals surface area contributed by atoms with Crippen LogP contribution in [0.5, 0.6) is 0 Å². The average molecular weight is 330 g/mol. The summed E-state index contributed by atoms with van der Waals surface area (Å²) < 4.78 is 1.93. The van der Waals surface area contributed by atoms with Crippen LogP contribution in [0.4, 0.5) is 0 Å². The Bertz CT molecular complexity index is 769. The molecule has 0 aliphatic carbocycles. The van der Waals surface area contributed by atoms with Gasteiger partial charge in [-0.15, -0.1) is 0 Å². The van der Waals surface area contributed by atoms with Crippen molar-refractivity contribution in [2.45, 2.75) is 29.8 Å². The summed E-state index contributed by atoms with van der Waals surface area (Å²) in [4.78, 5) is 5.31. The van der Waals surface area contributed by atoms with E-state index in [0.717, 1.165) is 21.2 Å². The molecule has 0 unspecified atom stereocenters. The quantitative estimate of drug-likeness (QED) is 0.648. The summed E-state index contributed by atoms with van der Waals surface area (Å²) in [6.07, 6.45) is 3.76. The average Bonchev–Trinajstić information content (AvgIpc) is 3.00. The third-order valence-corrected chi connectivity index (χ3v) is 4.76. The molecule has 0 radical (unpaired) electrons. The van der Waals surface area contributed by atoms with Crippen LogP contribution >= 0.6 is 23.4 Å². The van der Waals surface area contributed by atoms with Gasteiger partial charge in [0.25, 0.3) is 0 Å². The second kappa shape index (κ2) is 6.55. The lowest BCUT2D eigenvalue weighted by atomic mass is 10.1. The molecule has 22 heavy (non-hydrogen) atoms. The highest BCUT2D eigenvalue weighted by Crippen LogP contribution is 2.37. The number of hydrogen-bond donors (Lipinski definition) is 0. The van der Waals surface area contributed by atoms with Crippen molar-refractivity contribution in [3.05, 3.63) is 59.9 Å². The molecule has 1 aromatic carbocycles. The molecule has 0 N–H and O–H groups in total. The Morgan fingerprint density at radius 3 is 2.64 bits per heavy atom. The molecule has 0 aliphatic heterocycles. The van der Waals surface area contributed by atoms with Gasteiger partial charge in [-0.25, -0.2) is 4.98 Å². The van der Waals surface area contributed by atoms with Gasteiger partial charge in [0.2, 0.25) is 0 Å². The number of nitrogens with zero attached hydrogens (tertiary/aromatic N) is 3. The molecule has 3 aromatic rings. The summed E-state index contributed by atoms with van der Waals surface area (Å²) in [5.74, 6) is 0. The van der Waals surface area contributed by atoms with E-state index in [0.29, 0.717) is 11.1 Å². The summed E-state index contributed by atoms with van der Waals surface area (Å²) in [6, 6.07) is 14.2. The maximum Gasteiger partial charge on any atom is 0.101 e. The van der Waals surface area contributed by atoms with Crippen LogP contribution in [0.2, 0.25) is 5.02 Å². The van der Waals surface area contributed by atoms with Crippen LogP contribution in [0, 0.1) is 0 Å². The number of aromatic nitrogens is 3. The lowest BCUT2D eigenvalue weighted by molar-refractivity contribution is 0.534. The van der Waals surface area contributed by atoms with Crippen molar-refractivity contribution in [1.82, 2.24) is 14.8 Å². The molecule has 2 aromatic heterocycles. The third kappa shape index (κ3) is 3.18. The van der Waals surface area contributed by atoms with E-state index in [2.05, 4.69) is 23.9 Å². The second-order valence-electron chi connectivity index (χ2n) is 5.16. The molecule has 112 valence electrons. The lowest BCUT2D eigenvalue weighted by Crippen LogP contribution is -2.00. The Kier molecular flexibility index (Phi) is 4.50. The van der Waals surface area contributed by atoms with Gasteiger partial charge < -0.3 is 0 Å². The fraction of sp³-hybridized carbons (Fsp3) is 0.176. The van der Waals surface area contributed by atoms with Crippen molar-refractivity contribution >= 4 is 23.4 Å². The zero-order valence-corrected chi connectivity index (χ0v) is 14.0. The Labute approximate surface area is 139 Å². The Hall–Kier alpha value is -1.78. The number of halogens is 1. The van der Waals surface area contributed by atoms with Crippen molar-refractivity contribution < 1.29 is 0 Å². The van der Waals surface area contributed by atoms with Gasteiger partial charge in [0, 0.05) is 28.9 Å². The highest BCUT2D eigenvalue weighted by Gasteiger charge is 2.12. The van der Waals surface area contributed by atoms with Crippen molar-refractivity contribution in [3.8, 4) is 11.3 Å². The molecule has 0 spiro atoms. The molecule has 3 rings (SSSR count). The fourth-order valence-electron chi connectivity index (χ4n) is 2.08. The Morgan fingerprint density at radius 1 is 1.09 bits per heavy atom. The van der Waals surface area contributed by atoms with E-state index in [1.54, 1.807) is 18.0 Å². The minimum absolute atomic E-state index is 0.332. The van der Waals surface area contributed by atoms with Crippen LogP contribution in [-0.4, -0.2) is 14.8 Å². The van der Waals surface area contributed by atoms with Crippen LogP contribution in [0.25, 0.3) is 11.3 Å². The monoisotopic (exact) mass is 329 g/mol. The highest BCUT2D eigenvalue weighted by molar-refractivity contribution is 7.99. The van der Waals surface area contributed by atoms with E-state index < -0.39 is 0 Å². The molecule has 2 heterocycles. The zero-order chi connectivity index (χ0) is 15.5. The summed E-state index contributed by atoms with van der Waals surface area (Å²) in [5.41, 5.74) is 1.84. The van der Waals surface area contributed by atoms with Gasteiger partial charge in [-0.2, -0.15) is 5.10 Å². The lowest BCUT2D eigenvalue weighted by Gasteiger charge is -2.08. The first kappa shape index (κ1) is 15.1. The van der Waals surface area contributed by atoms with Crippen molar-refractivity contribution in [3.63, 3.8) is 0 Å². The zero-order valence-electron chi connectivity index (χ0n) is 12.4. The van der Waals surface area contributed by atoms with Gasteiger partial charge in [0.15, 0.2) is 0 Å². The molecule has 0 saturated heterocycles. The van der Waals surface area contributed by atoms with Crippen LogP contribution in [-0.2, 0) is 0 Å². The van der Waals surface area contributed by atoms with Crippen LogP contribution < -0.4 is 0 Å². The van der Waals surface area contributed by atoms with E-state index in [1.165, 1.54) is 0 Å². The summed E-state index contributed by atoms with van der Waals surface area (Å²) in [7, 11) is 0. The van der Waals surface area contributed by atoms with Gasteiger partial charge in [-0.05, 0) is 38.1 Å². The van der Waals surface area contributed by atoms with Gasteiger partial charge in [-0.1, -0.05) is 41.6 Å². The minimum Gasteiger partial charge on any atom is -0.270 e. The summed E-state index contributed by atoms with van der Waals surface area (Å²) >= 11 is 8.14. The molecule has 0 atom stereocenters. The fourth-order valence-corrected chi connectivity index (χ4v) is 3.25. The smallest absolute Gasteiger partial charge is 0.101 e. The number of hydrogen-bond acceptors (Lipinski definition) is 3. The third-order valence-electron chi connectivity index (χ3n) is 3.23. The van der Waals surface area contributed by atoms with Crippen molar-refractivity contribution in [1.29, 1.82) is 0 Å². The number of pyridine rings is 1. The van der Waals surface area contributed by atoms with Crippen LogP contribution in [0.3, 0.4) is 0 Å². The molecule has 0 amide bonds. The molecule has 0 saturated carbocycles. The maximum atomic E-state index is 6.58. The van der Waals surface area contributed by atoms with E-state index >= 15 is 0 Å². The van der Waals surface area contributed by atoms with E-state index in [1.807, 2.05) is 53.3 Å². The van der Waals surface area contributed by atoms with Gasteiger partial charge in [-0.3, -0.25) is 4.68 Å². The van der Waals surface area contributed by atoms with Crippen LogP contribution in [0.15, 0.2) is 64.8 Å².